The molecule has 2 amide bonds. The third-order valence-corrected chi connectivity index (χ3v) is 12.2. The lowest BCUT2D eigenvalue weighted by Crippen LogP contribution is -2.54. The number of amides is 2. The average Bonchev–Trinajstić information content (AvgIpc) is 3.72. The lowest BCUT2D eigenvalue weighted by atomic mass is 9.98. The number of carbonyl (C=O) groups excluding carboxylic acids is 2. The molecule has 2 aromatic carbocycles. The zero-order chi connectivity index (χ0) is 43.1. The van der Waals surface area contributed by atoms with E-state index in [2.05, 4.69) is 47.9 Å². The molecule has 2 fully saturated rings. The van der Waals surface area contributed by atoms with E-state index in [1.807, 2.05) is 18.7 Å². The third-order valence-electron chi connectivity index (χ3n) is 12.2. The molecular weight excluding hydrogens is 793 g/mol. The average molecular weight is 843 g/mol. The van der Waals surface area contributed by atoms with Gasteiger partial charge in [0.25, 0.3) is 11.8 Å². The van der Waals surface area contributed by atoms with Crippen LogP contribution < -0.4 is 15.5 Å². The predicted molar refractivity (Wildman–Crippen MR) is 228 cm³/mol. The number of nitrogens with zero attached hydrogens (tertiary/aromatic N) is 11. The maximum absolute atomic E-state index is 13.9. The van der Waals surface area contributed by atoms with Gasteiger partial charge >= 0.3 is 0 Å². The van der Waals surface area contributed by atoms with Gasteiger partial charge in [-0.25, -0.2) is 29.9 Å². The zero-order valence-corrected chi connectivity index (χ0v) is 34.8. The highest BCUT2D eigenvalue weighted by Crippen LogP contribution is 2.35. The number of carbonyl (C=O) groups is 2. The van der Waals surface area contributed by atoms with Crippen LogP contribution in [0.1, 0.15) is 74.1 Å². The summed E-state index contributed by atoms with van der Waals surface area (Å²) < 4.78 is 5.60. The number of aliphatic hydroxyl groups is 1. The number of anilines is 3. The Morgan fingerprint density at radius 3 is 2.37 bits per heavy atom. The van der Waals surface area contributed by atoms with Crippen molar-refractivity contribution in [2.24, 2.45) is 0 Å². The van der Waals surface area contributed by atoms with Crippen LogP contribution in [0.4, 0.5) is 17.6 Å². The zero-order valence-electron chi connectivity index (χ0n) is 34.8. The number of fused-ring (bicyclic) bond motifs is 2. The molecule has 0 saturated carbocycles. The molecule has 0 unspecified atom stereocenters. The van der Waals surface area contributed by atoms with E-state index in [9.17, 15) is 24.9 Å². The Kier molecular flexibility index (Phi) is 11.3. The second-order valence-electron chi connectivity index (χ2n) is 16.6. The monoisotopic (exact) mass is 842 g/mol. The largest absolute Gasteiger partial charge is 0.508 e. The number of aromatic hydroxyl groups is 2. The van der Waals surface area contributed by atoms with Gasteiger partial charge in [-0.15, -0.1) is 0 Å². The van der Waals surface area contributed by atoms with Gasteiger partial charge in [-0.05, 0) is 40.7 Å². The summed E-state index contributed by atoms with van der Waals surface area (Å²) in [4.78, 5) is 64.7. The van der Waals surface area contributed by atoms with Gasteiger partial charge in [0.05, 0.1) is 61.6 Å². The summed E-state index contributed by atoms with van der Waals surface area (Å²) in [6, 6.07) is 8.86. The Morgan fingerprint density at radius 1 is 0.839 bits per heavy atom. The van der Waals surface area contributed by atoms with E-state index in [1.165, 1.54) is 12.3 Å². The number of phenolic OH excluding ortho intramolecular Hbond substituents is 2. The van der Waals surface area contributed by atoms with E-state index < -0.39 is 0 Å². The second-order valence-corrected chi connectivity index (χ2v) is 16.6. The van der Waals surface area contributed by atoms with E-state index in [0.29, 0.717) is 101 Å². The molecule has 3 aromatic heterocycles. The Labute approximate surface area is 358 Å². The van der Waals surface area contributed by atoms with E-state index >= 15 is 0 Å². The smallest absolute Gasteiger partial charge is 0.274 e. The highest BCUT2D eigenvalue weighted by Gasteiger charge is 2.32. The highest BCUT2D eigenvalue weighted by atomic mass is 16.5. The molecule has 322 valence electrons. The fourth-order valence-electron chi connectivity index (χ4n) is 8.81. The van der Waals surface area contributed by atoms with E-state index in [4.69, 9.17) is 20.4 Å². The SMILES string of the molecule is CC(C)c1cc(C(=O)N2Cc3ccc(CN4CCN(c5cnc(C(=O)N6CCc7c(nc(-c8cnc(N)nc8)nc7N7CCOCC7)C6)cn5)[C@H](CO)C4)cc3C2)c(O)cc1O. The van der Waals surface area contributed by atoms with Crippen LogP contribution in [0.25, 0.3) is 11.4 Å². The summed E-state index contributed by atoms with van der Waals surface area (Å²) in [5, 5.41) is 31.3. The van der Waals surface area contributed by atoms with Gasteiger partial charge < -0.3 is 45.4 Å². The molecule has 18 heteroatoms. The van der Waals surface area contributed by atoms with Crippen LogP contribution in [-0.4, -0.2) is 137 Å². The van der Waals surface area contributed by atoms with Gasteiger partial charge in [0, 0.05) is 82.9 Å². The molecule has 0 bridgehead atoms. The summed E-state index contributed by atoms with van der Waals surface area (Å²) in [5.41, 5.74) is 12.4. The van der Waals surface area contributed by atoms with Gasteiger partial charge in [-0.1, -0.05) is 32.0 Å². The van der Waals surface area contributed by atoms with Crippen molar-refractivity contribution in [1.82, 2.24) is 44.6 Å². The van der Waals surface area contributed by atoms with Crippen LogP contribution in [0.2, 0.25) is 0 Å². The lowest BCUT2D eigenvalue weighted by Gasteiger charge is -2.41. The molecule has 4 aliphatic heterocycles. The number of nitrogens with two attached hydrogens (primary N) is 1. The number of rotatable bonds is 9. The number of piperazine rings is 1. The molecule has 9 rings (SSSR count). The molecule has 0 spiro atoms. The van der Waals surface area contributed by atoms with E-state index in [0.717, 1.165) is 33.8 Å². The van der Waals surface area contributed by atoms with Crippen molar-refractivity contribution in [3.63, 3.8) is 0 Å². The molecular formula is C44H50N12O6. The van der Waals surface area contributed by atoms with Gasteiger partial charge in [0.2, 0.25) is 5.95 Å². The van der Waals surface area contributed by atoms with Crippen molar-refractivity contribution in [3.8, 4) is 22.9 Å². The summed E-state index contributed by atoms with van der Waals surface area (Å²) in [5.74, 6) is 1.25. The fraction of sp³-hybridized carbons (Fsp3) is 0.409. The van der Waals surface area contributed by atoms with Gasteiger partial charge in [-0.3, -0.25) is 14.5 Å². The molecule has 4 aliphatic rings. The molecule has 1 atom stereocenters. The number of morpholine rings is 1. The number of aliphatic hydroxyl groups excluding tert-OH is 1. The quantitative estimate of drug-likeness (QED) is 0.167. The van der Waals surface area contributed by atoms with Crippen molar-refractivity contribution in [3.05, 3.63) is 99.9 Å². The van der Waals surface area contributed by atoms with Crippen LogP contribution in [-0.2, 0) is 37.3 Å². The third kappa shape index (κ3) is 8.15. The Morgan fingerprint density at radius 2 is 1.63 bits per heavy atom. The van der Waals surface area contributed by atoms with Crippen molar-refractivity contribution >= 4 is 29.4 Å². The van der Waals surface area contributed by atoms with Crippen molar-refractivity contribution in [2.75, 3.05) is 74.6 Å². The summed E-state index contributed by atoms with van der Waals surface area (Å²) >= 11 is 0. The minimum atomic E-state index is -0.282. The molecule has 5 aromatic rings. The first-order valence-corrected chi connectivity index (χ1v) is 21.0. The molecule has 62 heavy (non-hydrogen) atoms. The Balaban J connectivity index is 0.834. The molecule has 18 nitrogen and oxygen atoms in total. The second kappa shape index (κ2) is 17.1. The van der Waals surface area contributed by atoms with Crippen molar-refractivity contribution < 1.29 is 29.6 Å². The number of phenols is 2. The van der Waals surface area contributed by atoms with Crippen LogP contribution in [0, 0.1) is 0 Å². The van der Waals surface area contributed by atoms with Crippen molar-refractivity contribution in [1.29, 1.82) is 0 Å². The minimum Gasteiger partial charge on any atom is -0.508 e. The number of nitrogen functional groups attached to an aromatic ring is 1. The number of ether oxygens (including phenoxy) is 1. The molecule has 5 N–H and O–H groups in total. The Bertz CT molecular complexity index is 2480. The van der Waals surface area contributed by atoms with Crippen LogP contribution >= 0.6 is 0 Å². The normalized spacial score (nSPS) is 18.0. The number of hydrogen-bond donors (Lipinski definition) is 4. The van der Waals surface area contributed by atoms with Crippen LogP contribution in [0.5, 0.6) is 11.5 Å². The van der Waals surface area contributed by atoms with Crippen molar-refractivity contribution in [2.45, 2.75) is 58.4 Å². The molecule has 7 heterocycles. The Hall–Kier alpha value is -6.50. The van der Waals surface area contributed by atoms with Gasteiger partial charge in [0.1, 0.15) is 28.8 Å². The first-order chi connectivity index (χ1) is 30.0. The fourth-order valence-corrected chi connectivity index (χ4v) is 8.81. The molecule has 2 saturated heterocycles. The van der Waals surface area contributed by atoms with Crippen LogP contribution in [0.15, 0.2) is 55.1 Å². The first-order valence-electron chi connectivity index (χ1n) is 21.0. The summed E-state index contributed by atoms with van der Waals surface area (Å²) in [7, 11) is 0. The standard InChI is InChI=1S/C44H50N12O6/c1-26(2)33-14-34(38(59)15-37(33)58)42(60)55-21-28-4-3-27(13-29(28)22-55)20-52-7-8-56(31(23-52)25-57)39-19-46-35(18-47-39)43(61)54-6-5-32-36(24-54)50-40(30-16-48-44(45)49-17-30)51-41(32)53-9-11-62-12-10-53/h3-4,13-19,26,31,57-59H,5-12,20-25H2,1-2H3,(H2,45,48,49)/t31-/m0/s1. The summed E-state index contributed by atoms with van der Waals surface area (Å²) in [6.45, 7) is 10.5. The molecule has 0 radical (unpaired) electrons. The topological polar surface area (TPSA) is 224 Å². The van der Waals surface area contributed by atoms with Crippen LogP contribution in [0.3, 0.4) is 0 Å². The summed E-state index contributed by atoms with van der Waals surface area (Å²) in [6.07, 6.45) is 6.89. The number of benzene rings is 2. The van der Waals surface area contributed by atoms with E-state index in [1.54, 1.807) is 34.5 Å². The predicted octanol–water partition coefficient (Wildman–Crippen LogP) is 2.71. The minimum absolute atomic E-state index is 0.0110. The number of aromatic nitrogens is 6. The number of hydrogen-bond acceptors (Lipinski definition) is 16. The van der Waals surface area contributed by atoms with Gasteiger partial charge in [0.15, 0.2) is 5.82 Å². The molecule has 0 aliphatic carbocycles. The maximum Gasteiger partial charge on any atom is 0.274 e. The van der Waals surface area contributed by atoms with E-state index in [-0.39, 0.29) is 65.6 Å². The lowest BCUT2D eigenvalue weighted by molar-refractivity contribution is 0.0723. The van der Waals surface area contributed by atoms with Gasteiger partial charge in [-0.2, -0.15) is 0 Å². The first kappa shape index (κ1) is 40.9. The highest BCUT2D eigenvalue weighted by molar-refractivity contribution is 5.97. The maximum atomic E-state index is 13.9.